The van der Waals surface area contributed by atoms with Gasteiger partial charge in [0.2, 0.25) is 0 Å². The number of aromatic amines is 1. The molecule has 0 atom stereocenters. The molecule has 0 aliphatic carbocycles. The van der Waals surface area contributed by atoms with E-state index < -0.39 is 0 Å². The fraction of sp³-hybridized carbons (Fsp3) is 0. The number of hydrogen-bond acceptors (Lipinski definition) is 8. The van der Waals surface area contributed by atoms with Gasteiger partial charge in [0.1, 0.15) is 22.7 Å². The molecule has 0 unspecified atom stereocenters. The zero-order valence-corrected chi connectivity index (χ0v) is 10.2. The number of hydrogen-bond donors (Lipinski definition) is 1. The van der Waals surface area contributed by atoms with E-state index in [1.807, 2.05) is 0 Å². The molecule has 9 heteroatoms. The predicted octanol–water partition coefficient (Wildman–Crippen LogP) is 4.91. The number of benzene rings is 2. The normalized spacial score (nSPS) is 10.7. The lowest BCUT2D eigenvalue weighted by molar-refractivity contribution is 1.42. The molecule has 9 nitrogen and oxygen atoms in total. The summed E-state index contributed by atoms with van der Waals surface area (Å²) in [6.07, 6.45) is 0. The van der Waals surface area contributed by atoms with Crippen molar-refractivity contribution in [3.8, 4) is 0 Å². The number of aromatic nitrogens is 1. The van der Waals surface area contributed by atoms with Crippen LogP contribution in [-0.4, -0.2) is 4.98 Å². The fourth-order valence-corrected chi connectivity index (χ4v) is 2.29. The van der Waals surface area contributed by atoms with Gasteiger partial charge in [-0.25, -0.2) is 0 Å². The summed E-state index contributed by atoms with van der Waals surface area (Å²) < 4.78 is 0. The topological polar surface area (TPSA) is 134 Å². The second-order valence-corrected chi connectivity index (χ2v) is 4.27. The minimum atomic E-state index is -0.0317. The van der Waals surface area contributed by atoms with Crippen molar-refractivity contribution in [1.82, 2.24) is 4.98 Å². The van der Waals surface area contributed by atoms with Crippen LogP contribution < -0.4 is 0 Å². The lowest BCUT2D eigenvalue weighted by Gasteiger charge is -1.96. The molecular formula is C12H5N5O4. The Kier molecular flexibility index (Phi) is 2.79. The molecule has 0 radical (unpaired) electrons. The Balaban J connectivity index is 2.57. The van der Waals surface area contributed by atoms with E-state index in [-0.39, 0.29) is 22.7 Å². The Morgan fingerprint density at radius 2 is 1.05 bits per heavy atom. The molecule has 2 aromatic carbocycles. The summed E-state index contributed by atoms with van der Waals surface area (Å²) in [5, 5.41) is 12.0. The minimum absolute atomic E-state index is 0.00285. The van der Waals surface area contributed by atoms with Gasteiger partial charge in [0, 0.05) is 10.8 Å². The molecule has 1 N–H and O–H groups in total. The molecule has 0 saturated carbocycles. The molecular weight excluding hydrogens is 278 g/mol. The Hall–Kier alpha value is -3.36. The monoisotopic (exact) mass is 283 g/mol. The van der Waals surface area contributed by atoms with E-state index in [2.05, 4.69) is 25.7 Å². The van der Waals surface area contributed by atoms with Crippen molar-refractivity contribution in [3.63, 3.8) is 0 Å². The maximum atomic E-state index is 10.9. The summed E-state index contributed by atoms with van der Waals surface area (Å²) in [6.45, 7) is 0. The van der Waals surface area contributed by atoms with Crippen LogP contribution in [0.3, 0.4) is 0 Å². The molecule has 1 aromatic heterocycles. The first kappa shape index (κ1) is 12.7. The van der Waals surface area contributed by atoms with Crippen molar-refractivity contribution in [2.24, 2.45) is 20.7 Å². The van der Waals surface area contributed by atoms with Crippen LogP contribution in [-0.2, 0) is 0 Å². The van der Waals surface area contributed by atoms with Crippen LogP contribution >= 0.6 is 0 Å². The van der Waals surface area contributed by atoms with E-state index >= 15 is 0 Å². The summed E-state index contributed by atoms with van der Waals surface area (Å²) in [5.41, 5.74) is 0.582. The average molecular weight is 283 g/mol. The largest absolute Gasteiger partial charge is 0.351 e. The van der Waals surface area contributed by atoms with Crippen LogP contribution in [0.5, 0.6) is 0 Å². The van der Waals surface area contributed by atoms with Gasteiger partial charge in [-0.05, 0) is 45.0 Å². The molecule has 0 bridgehead atoms. The van der Waals surface area contributed by atoms with Gasteiger partial charge in [-0.2, -0.15) is 0 Å². The van der Waals surface area contributed by atoms with Crippen LogP contribution in [0, 0.1) is 19.6 Å². The van der Waals surface area contributed by atoms with Gasteiger partial charge in [0.05, 0.1) is 11.0 Å². The molecule has 0 aliphatic heterocycles. The van der Waals surface area contributed by atoms with Crippen LogP contribution in [0.2, 0.25) is 0 Å². The van der Waals surface area contributed by atoms with Crippen LogP contribution in [0.1, 0.15) is 0 Å². The summed E-state index contributed by atoms with van der Waals surface area (Å²) >= 11 is 0. The van der Waals surface area contributed by atoms with Crippen LogP contribution in [0.25, 0.3) is 21.8 Å². The van der Waals surface area contributed by atoms with E-state index in [0.717, 1.165) is 0 Å². The third kappa shape index (κ3) is 1.79. The highest BCUT2D eigenvalue weighted by molar-refractivity contribution is 6.15. The number of rotatable bonds is 4. The van der Waals surface area contributed by atoms with Gasteiger partial charge in [0.25, 0.3) is 0 Å². The third-order valence-corrected chi connectivity index (χ3v) is 3.15. The maximum absolute atomic E-state index is 10.9. The summed E-state index contributed by atoms with van der Waals surface area (Å²) in [4.78, 5) is 46.0. The standard InChI is InChI=1S/C12H5N5O4/c18-14-5-1-7-8-2-6(15-19)4-10(17-21)12(8)13-11(7)9(3-5)16-20/h1-4,13H. The van der Waals surface area contributed by atoms with E-state index in [0.29, 0.717) is 21.8 Å². The molecule has 1 heterocycles. The third-order valence-electron chi connectivity index (χ3n) is 3.15. The lowest BCUT2D eigenvalue weighted by Crippen LogP contribution is -1.70. The Morgan fingerprint density at radius 1 is 0.619 bits per heavy atom. The average Bonchev–Trinajstić information content (AvgIpc) is 2.91. The molecule has 3 aromatic rings. The molecule has 0 aliphatic rings. The van der Waals surface area contributed by atoms with E-state index in [9.17, 15) is 19.6 Å². The molecule has 3 rings (SSSR count). The van der Waals surface area contributed by atoms with Crippen molar-refractivity contribution < 1.29 is 0 Å². The van der Waals surface area contributed by atoms with Crippen LogP contribution in [0.4, 0.5) is 22.7 Å². The van der Waals surface area contributed by atoms with E-state index in [4.69, 9.17) is 0 Å². The van der Waals surface area contributed by atoms with Crippen molar-refractivity contribution in [3.05, 3.63) is 43.9 Å². The van der Waals surface area contributed by atoms with Crippen molar-refractivity contribution in [2.75, 3.05) is 0 Å². The number of nitrogens with one attached hydrogen (secondary N) is 1. The maximum Gasteiger partial charge on any atom is 0.134 e. The van der Waals surface area contributed by atoms with Gasteiger partial charge in [-0.15, -0.1) is 19.6 Å². The van der Waals surface area contributed by atoms with Gasteiger partial charge < -0.3 is 4.98 Å². The highest BCUT2D eigenvalue weighted by Gasteiger charge is 2.15. The fourth-order valence-electron chi connectivity index (χ4n) is 2.29. The molecule has 0 spiro atoms. The number of H-pyrrole nitrogens is 1. The van der Waals surface area contributed by atoms with Gasteiger partial charge in [-0.3, -0.25) is 0 Å². The number of nitroso groups, excluding NO2 is 4. The quantitative estimate of drug-likeness (QED) is 0.680. The molecule has 0 fully saturated rings. The molecule has 21 heavy (non-hydrogen) atoms. The molecule has 102 valence electrons. The highest BCUT2D eigenvalue weighted by Crippen LogP contribution is 2.40. The first-order valence-electron chi connectivity index (χ1n) is 5.68. The van der Waals surface area contributed by atoms with Crippen molar-refractivity contribution in [2.45, 2.75) is 0 Å². The van der Waals surface area contributed by atoms with Gasteiger partial charge >= 0.3 is 0 Å². The summed E-state index contributed by atoms with van der Waals surface area (Å²) in [6, 6.07) is 5.26. The minimum Gasteiger partial charge on any atom is -0.351 e. The molecule has 0 saturated heterocycles. The first-order valence-corrected chi connectivity index (χ1v) is 5.68. The van der Waals surface area contributed by atoms with E-state index in [1.165, 1.54) is 24.3 Å². The van der Waals surface area contributed by atoms with E-state index in [1.54, 1.807) is 0 Å². The smallest absolute Gasteiger partial charge is 0.134 e. The Labute approximate surface area is 115 Å². The second-order valence-electron chi connectivity index (χ2n) is 4.27. The number of fused-ring (bicyclic) bond motifs is 3. The second kappa shape index (κ2) is 4.63. The SMILES string of the molecule is O=Nc1cc(N=O)c2[nH]c3c(N=O)cc(N=O)cc3c2c1. The Morgan fingerprint density at radius 3 is 1.38 bits per heavy atom. The Bertz CT molecular complexity index is 856. The lowest BCUT2D eigenvalue weighted by atomic mass is 10.1. The van der Waals surface area contributed by atoms with Gasteiger partial charge in [-0.1, -0.05) is 0 Å². The number of nitrogens with zero attached hydrogens (tertiary/aromatic N) is 4. The highest BCUT2D eigenvalue weighted by atomic mass is 16.3. The van der Waals surface area contributed by atoms with Gasteiger partial charge in [0.15, 0.2) is 0 Å². The predicted molar refractivity (Wildman–Crippen MR) is 77.6 cm³/mol. The summed E-state index contributed by atoms with van der Waals surface area (Å²) in [7, 11) is 0. The summed E-state index contributed by atoms with van der Waals surface area (Å²) in [5.74, 6) is 0. The first-order chi connectivity index (χ1) is 10.2. The molecule has 0 amide bonds. The zero-order chi connectivity index (χ0) is 15.0. The van der Waals surface area contributed by atoms with Crippen molar-refractivity contribution >= 4 is 44.6 Å². The zero-order valence-electron chi connectivity index (χ0n) is 10.2. The van der Waals surface area contributed by atoms with Crippen molar-refractivity contribution in [1.29, 1.82) is 0 Å². The van der Waals surface area contributed by atoms with Crippen LogP contribution in [0.15, 0.2) is 45.0 Å².